The van der Waals surface area contributed by atoms with Crippen molar-refractivity contribution in [2.75, 3.05) is 13.1 Å². The van der Waals surface area contributed by atoms with E-state index in [1.165, 1.54) is 4.88 Å². The molecule has 2 heterocycles. The van der Waals surface area contributed by atoms with Gasteiger partial charge in [-0.05, 0) is 36.8 Å². The Morgan fingerprint density at radius 2 is 2.03 bits per heavy atom. The molecule has 0 saturated carbocycles. The smallest absolute Gasteiger partial charge is 0.237 e. The van der Waals surface area contributed by atoms with Crippen LogP contribution in [0.5, 0.6) is 0 Å². The van der Waals surface area contributed by atoms with Gasteiger partial charge in [-0.25, -0.2) is 4.98 Å². The third kappa shape index (κ3) is 5.27. The van der Waals surface area contributed by atoms with Crippen LogP contribution in [0.4, 0.5) is 0 Å². The lowest BCUT2D eigenvalue weighted by Gasteiger charge is -2.33. The summed E-state index contributed by atoms with van der Waals surface area (Å²) in [7, 11) is 0. The topological polar surface area (TPSA) is 91.5 Å². The standard InChI is InChI=1S/C23H34N4O2S/c1-14(16-6-8-17(9-7-16)21-15(2)25-13-30-21)26-22(29)19-10-18(28)11-27(19)12-20(24)23(3,4)5/h6-9,13-14,18-20,28H,10-12,24H2,1-5H3,(H,26,29)/t14?,18-,19+,20?/m1/s1. The highest BCUT2D eigenvalue weighted by atomic mass is 32.1. The molecule has 4 atom stereocenters. The maximum atomic E-state index is 13.0. The fourth-order valence-electron chi connectivity index (χ4n) is 3.78. The normalized spacial score (nSPS) is 22.1. The van der Waals surface area contributed by atoms with E-state index >= 15 is 0 Å². The number of likely N-dealkylation sites (tertiary alicyclic amines) is 1. The Bertz CT molecular complexity index is 859. The van der Waals surface area contributed by atoms with Crippen LogP contribution in [0.3, 0.4) is 0 Å². The van der Waals surface area contributed by atoms with Gasteiger partial charge in [0.15, 0.2) is 0 Å². The summed E-state index contributed by atoms with van der Waals surface area (Å²) in [5.41, 5.74) is 11.4. The first-order valence-corrected chi connectivity index (χ1v) is 11.4. The van der Waals surface area contributed by atoms with Crippen molar-refractivity contribution in [2.24, 2.45) is 11.1 Å². The van der Waals surface area contributed by atoms with Crippen molar-refractivity contribution in [1.82, 2.24) is 15.2 Å². The fourth-order valence-corrected chi connectivity index (χ4v) is 4.59. The largest absolute Gasteiger partial charge is 0.392 e. The number of nitrogens with zero attached hydrogens (tertiary/aromatic N) is 2. The minimum atomic E-state index is -0.495. The van der Waals surface area contributed by atoms with E-state index in [2.05, 4.69) is 55.3 Å². The minimum Gasteiger partial charge on any atom is -0.392 e. The first-order valence-electron chi connectivity index (χ1n) is 10.5. The first-order chi connectivity index (χ1) is 14.1. The van der Waals surface area contributed by atoms with Gasteiger partial charge in [0.05, 0.1) is 34.3 Å². The van der Waals surface area contributed by atoms with E-state index < -0.39 is 6.10 Å². The Hall–Kier alpha value is -1.80. The number of nitrogens with one attached hydrogen (secondary N) is 1. The van der Waals surface area contributed by atoms with Crippen LogP contribution in [0, 0.1) is 12.3 Å². The number of amides is 1. The summed E-state index contributed by atoms with van der Waals surface area (Å²) in [5.74, 6) is -0.0532. The van der Waals surface area contributed by atoms with E-state index in [0.717, 1.165) is 16.8 Å². The molecule has 6 nitrogen and oxygen atoms in total. The number of benzene rings is 1. The van der Waals surface area contributed by atoms with Gasteiger partial charge in [0.1, 0.15) is 0 Å². The van der Waals surface area contributed by atoms with Gasteiger partial charge in [-0.2, -0.15) is 0 Å². The second-order valence-electron chi connectivity index (χ2n) is 9.45. The van der Waals surface area contributed by atoms with Crippen molar-refractivity contribution < 1.29 is 9.90 Å². The highest BCUT2D eigenvalue weighted by molar-refractivity contribution is 7.13. The second-order valence-corrected chi connectivity index (χ2v) is 10.3. The SMILES string of the molecule is Cc1ncsc1-c1ccc(C(C)NC(=O)[C@@H]2C[C@@H](O)CN2CC(N)C(C)(C)C)cc1. The van der Waals surface area contributed by atoms with Crippen LogP contribution in [0.15, 0.2) is 29.8 Å². The molecule has 1 saturated heterocycles. The second kappa shape index (κ2) is 9.14. The molecule has 30 heavy (non-hydrogen) atoms. The highest BCUT2D eigenvalue weighted by Crippen LogP contribution is 2.29. The zero-order chi connectivity index (χ0) is 22.1. The van der Waals surface area contributed by atoms with Crippen molar-refractivity contribution in [1.29, 1.82) is 0 Å². The minimum absolute atomic E-state index is 0.0532. The Balaban J connectivity index is 1.64. The molecule has 1 aliphatic heterocycles. The first kappa shape index (κ1) is 22.9. The summed E-state index contributed by atoms with van der Waals surface area (Å²) < 4.78 is 0. The third-order valence-electron chi connectivity index (χ3n) is 6.00. The van der Waals surface area contributed by atoms with Crippen LogP contribution in [0.2, 0.25) is 0 Å². The number of carbonyl (C=O) groups excluding carboxylic acids is 1. The Kier molecular flexibility index (Phi) is 6.97. The quantitative estimate of drug-likeness (QED) is 0.655. The number of aliphatic hydroxyl groups excluding tert-OH is 1. The highest BCUT2D eigenvalue weighted by Gasteiger charge is 2.38. The van der Waals surface area contributed by atoms with E-state index in [1.807, 2.05) is 24.3 Å². The number of hydrogen-bond donors (Lipinski definition) is 3. The summed E-state index contributed by atoms with van der Waals surface area (Å²) in [4.78, 5) is 20.5. The summed E-state index contributed by atoms with van der Waals surface area (Å²) in [6, 6.07) is 7.71. The molecule has 0 radical (unpaired) electrons. The number of aliphatic hydroxyl groups is 1. The molecule has 164 valence electrons. The van der Waals surface area contributed by atoms with Crippen LogP contribution in [0.25, 0.3) is 10.4 Å². The monoisotopic (exact) mass is 430 g/mol. The number of aryl methyl sites for hydroxylation is 1. The van der Waals surface area contributed by atoms with E-state index in [9.17, 15) is 9.90 Å². The molecule has 3 rings (SSSR count). The Morgan fingerprint density at radius 1 is 1.37 bits per heavy atom. The molecule has 1 amide bonds. The van der Waals surface area contributed by atoms with E-state index in [1.54, 1.807) is 11.3 Å². The van der Waals surface area contributed by atoms with Gasteiger partial charge >= 0.3 is 0 Å². The van der Waals surface area contributed by atoms with Crippen molar-refractivity contribution in [3.8, 4) is 10.4 Å². The average Bonchev–Trinajstić information content (AvgIpc) is 3.26. The number of thiazole rings is 1. The van der Waals surface area contributed by atoms with Crippen molar-refractivity contribution in [3.63, 3.8) is 0 Å². The molecule has 1 aromatic heterocycles. The van der Waals surface area contributed by atoms with Gasteiger partial charge in [-0.3, -0.25) is 9.69 Å². The summed E-state index contributed by atoms with van der Waals surface area (Å²) in [6.45, 7) is 11.4. The van der Waals surface area contributed by atoms with Crippen molar-refractivity contribution in [3.05, 3.63) is 41.0 Å². The van der Waals surface area contributed by atoms with E-state index in [4.69, 9.17) is 5.73 Å². The van der Waals surface area contributed by atoms with Crippen LogP contribution in [-0.4, -0.2) is 52.2 Å². The molecule has 1 aromatic carbocycles. The predicted molar refractivity (Wildman–Crippen MR) is 122 cm³/mol. The molecule has 0 bridgehead atoms. The summed E-state index contributed by atoms with van der Waals surface area (Å²) in [6.07, 6.45) is -0.0518. The van der Waals surface area contributed by atoms with E-state index in [-0.39, 0.29) is 29.4 Å². The molecule has 4 N–H and O–H groups in total. The number of carbonyl (C=O) groups is 1. The molecular weight excluding hydrogens is 396 g/mol. The zero-order valence-electron chi connectivity index (χ0n) is 18.6. The number of hydrogen-bond acceptors (Lipinski definition) is 6. The van der Waals surface area contributed by atoms with Gasteiger partial charge in [-0.15, -0.1) is 11.3 Å². The molecular formula is C23H34N4O2S. The van der Waals surface area contributed by atoms with Crippen LogP contribution in [0.1, 0.15) is 51.4 Å². The zero-order valence-corrected chi connectivity index (χ0v) is 19.4. The lowest BCUT2D eigenvalue weighted by Crippen LogP contribution is -2.51. The van der Waals surface area contributed by atoms with Gasteiger partial charge in [-0.1, -0.05) is 45.0 Å². The van der Waals surface area contributed by atoms with Gasteiger partial charge in [0, 0.05) is 19.1 Å². The third-order valence-corrected chi connectivity index (χ3v) is 6.98. The molecule has 7 heteroatoms. The molecule has 2 unspecified atom stereocenters. The predicted octanol–water partition coefficient (Wildman–Crippen LogP) is 3.10. The number of aromatic nitrogens is 1. The summed E-state index contributed by atoms with van der Waals surface area (Å²) in [5, 5.41) is 13.3. The number of β-amino-alcohol motifs (C(OH)–C–C–N with tert-alkyl or cyclic N) is 1. The molecule has 0 spiro atoms. The van der Waals surface area contributed by atoms with Gasteiger partial charge in [0.2, 0.25) is 5.91 Å². The van der Waals surface area contributed by atoms with Gasteiger partial charge < -0.3 is 16.2 Å². The number of rotatable bonds is 6. The van der Waals surface area contributed by atoms with Crippen LogP contribution in [-0.2, 0) is 4.79 Å². The van der Waals surface area contributed by atoms with Crippen LogP contribution < -0.4 is 11.1 Å². The van der Waals surface area contributed by atoms with E-state index in [0.29, 0.717) is 19.5 Å². The molecule has 2 aromatic rings. The summed E-state index contributed by atoms with van der Waals surface area (Å²) >= 11 is 1.63. The molecule has 1 aliphatic rings. The van der Waals surface area contributed by atoms with Crippen molar-refractivity contribution in [2.45, 2.75) is 65.3 Å². The lowest BCUT2D eigenvalue weighted by atomic mass is 9.87. The fraction of sp³-hybridized carbons (Fsp3) is 0.565. The average molecular weight is 431 g/mol. The lowest BCUT2D eigenvalue weighted by molar-refractivity contribution is -0.126. The maximum absolute atomic E-state index is 13.0. The molecule has 1 fully saturated rings. The maximum Gasteiger partial charge on any atom is 0.237 e. The van der Waals surface area contributed by atoms with Gasteiger partial charge in [0.25, 0.3) is 0 Å². The number of nitrogens with two attached hydrogens (primary N) is 1. The Labute approximate surface area is 183 Å². The molecule has 0 aliphatic carbocycles. The Morgan fingerprint density at radius 3 is 2.60 bits per heavy atom. The van der Waals surface area contributed by atoms with Crippen LogP contribution >= 0.6 is 11.3 Å². The van der Waals surface area contributed by atoms with Crippen molar-refractivity contribution >= 4 is 17.2 Å².